The average molecular weight is 464 g/mol. The molecular formula is C22H26FN3O5S. The quantitative estimate of drug-likeness (QED) is 0.747. The second-order valence-electron chi connectivity index (χ2n) is 7.31. The highest BCUT2D eigenvalue weighted by molar-refractivity contribution is 7.89. The Morgan fingerprint density at radius 2 is 1.81 bits per heavy atom. The topological polar surface area (TPSA) is 96.0 Å². The molecule has 0 aliphatic carbocycles. The molecule has 32 heavy (non-hydrogen) atoms. The summed E-state index contributed by atoms with van der Waals surface area (Å²) in [4.78, 5) is 26.8. The Morgan fingerprint density at radius 3 is 2.50 bits per heavy atom. The Morgan fingerprint density at radius 1 is 1.06 bits per heavy atom. The van der Waals surface area contributed by atoms with E-state index in [1.807, 2.05) is 0 Å². The van der Waals surface area contributed by atoms with Crippen LogP contribution in [-0.2, 0) is 14.8 Å². The van der Waals surface area contributed by atoms with E-state index >= 15 is 0 Å². The number of carbonyl (C=O) groups is 2. The predicted octanol–water partition coefficient (Wildman–Crippen LogP) is 1.88. The lowest BCUT2D eigenvalue weighted by atomic mass is 10.1. The molecule has 1 fully saturated rings. The molecule has 0 unspecified atom stereocenters. The van der Waals surface area contributed by atoms with Gasteiger partial charge in [0.25, 0.3) is 5.91 Å². The molecule has 0 bridgehead atoms. The molecule has 0 spiro atoms. The number of amides is 2. The van der Waals surface area contributed by atoms with Crippen LogP contribution in [0, 0.1) is 5.82 Å². The maximum absolute atomic E-state index is 14.1. The van der Waals surface area contributed by atoms with Crippen molar-refractivity contribution in [1.82, 2.24) is 14.5 Å². The molecule has 10 heteroatoms. The fraction of sp³-hybridized carbons (Fsp3) is 0.364. The fourth-order valence-electron chi connectivity index (χ4n) is 3.47. The minimum atomic E-state index is -3.78. The van der Waals surface area contributed by atoms with Crippen molar-refractivity contribution in [2.45, 2.75) is 17.7 Å². The number of benzene rings is 2. The lowest BCUT2D eigenvalue weighted by molar-refractivity contribution is -0.121. The lowest BCUT2D eigenvalue weighted by Gasteiger charge is -2.25. The summed E-state index contributed by atoms with van der Waals surface area (Å²) >= 11 is 0. The lowest BCUT2D eigenvalue weighted by Crippen LogP contribution is -2.39. The molecule has 0 radical (unpaired) electrons. The molecular weight excluding hydrogens is 437 g/mol. The number of carbonyl (C=O) groups excluding carboxylic acids is 2. The van der Waals surface area contributed by atoms with E-state index in [-0.39, 0.29) is 61.3 Å². The van der Waals surface area contributed by atoms with Gasteiger partial charge >= 0.3 is 0 Å². The first-order chi connectivity index (χ1) is 15.3. The monoisotopic (exact) mass is 463 g/mol. The van der Waals surface area contributed by atoms with E-state index in [0.717, 1.165) is 6.07 Å². The second-order valence-corrected chi connectivity index (χ2v) is 9.25. The molecule has 2 aromatic carbocycles. The van der Waals surface area contributed by atoms with Gasteiger partial charge < -0.3 is 15.0 Å². The van der Waals surface area contributed by atoms with Crippen LogP contribution in [0.3, 0.4) is 0 Å². The number of sulfonamides is 1. The zero-order valence-electron chi connectivity index (χ0n) is 17.8. The van der Waals surface area contributed by atoms with E-state index in [2.05, 4.69) is 5.32 Å². The van der Waals surface area contributed by atoms with Crippen molar-refractivity contribution in [2.75, 3.05) is 39.8 Å². The maximum atomic E-state index is 14.1. The summed E-state index contributed by atoms with van der Waals surface area (Å²) in [5, 5.41) is 2.71. The Bertz CT molecular complexity index is 1060. The van der Waals surface area contributed by atoms with E-state index < -0.39 is 21.7 Å². The van der Waals surface area contributed by atoms with Gasteiger partial charge in [-0.1, -0.05) is 18.2 Å². The van der Waals surface area contributed by atoms with Crippen molar-refractivity contribution in [3.63, 3.8) is 0 Å². The largest absolute Gasteiger partial charge is 0.494 e. The first kappa shape index (κ1) is 23.7. The Balaban J connectivity index is 1.78. The second kappa shape index (κ2) is 10.6. The predicted molar refractivity (Wildman–Crippen MR) is 116 cm³/mol. The van der Waals surface area contributed by atoms with Crippen molar-refractivity contribution in [3.05, 3.63) is 59.9 Å². The van der Waals surface area contributed by atoms with E-state index in [0.29, 0.717) is 6.42 Å². The summed E-state index contributed by atoms with van der Waals surface area (Å²) in [6.45, 7) is 0.882. The van der Waals surface area contributed by atoms with Crippen LogP contribution in [0.2, 0.25) is 0 Å². The fourth-order valence-corrected chi connectivity index (χ4v) is 4.97. The Kier molecular flexibility index (Phi) is 7.81. The zero-order valence-corrected chi connectivity index (χ0v) is 18.6. The number of rotatable bonds is 4. The first-order valence-electron chi connectivity index (χ1n) is 10.3. The number of nitrogens with one attached hydrogen (secondary N) is 1. The molecule has 1 aliphatic rings. The molecule has 1 heterocycles. The molecule has 2 aromatic rings. The van der Waals surface area contributed by atoms with Gasteiger partial charge in [-0.05, 0) is 36.8 Å². The standard InChI is InChI=1S/C22H26FN3O5S/c1-31-20-9-8-17(16-19(20)23)22(28)25-12-5-13-26(14-10-21(27)24-11-15-25)32(29,30)18-6-3-2-4-7-18/h2-4,6-9,16H,5,10-15H2,1H3,(H,24,27). The Hall–Kier alpha value is -2.98. The number of ether oxygens (including phenoxy) is 1. The number of hydrogen-bond acceptors (Lipinski definition) is 5. The third kappa shape index (κ3) is 5.63. The van der Waals surface area contributed by atoms with Gasteiger partial charge in [0.1, 0.15) is 0 Å². The van der Waals surface area contributed by atoms with Crippen molar-refractivity contribution >= 4 is 21.8 Å². The van der Waals surface area contributed by atoms with Crippen LogP contribution in [0.15, 0.2) is 53.4 Å². The number of halogens is 1. The van der Waals surface area contributed by atoms with Crippen LogP contribution in [0.1, 0.15) is 23.2 Å². The summed E-state index contributed by atoms with van der Waals surface area (Å²) in [6.07, 6.45) is 0.383. The molecule has 0 atom stereocenters. The van der Waals surface area contributed by atoms with Crippen molar-refractivity contribution in [2.24, 2.45) is 0 Å². The smallest absolute Gasteiger partial charge is 0.254 e. The van der Waals surface area contributed by atoms with Gasteiger partial charge in [-0.2, -0.15) is 4.31 Å². The highest BCUT2D eigenvalue weighted by Gasteiger charge is 2.26. The van der Waals surface area contributed by atoms with E-state index in [1.165, 1.54) is 40.6 Å². The van der Waals surface area contributed by atoms with E-state index in [1.54, 1.807) is 18.2 Å². The molecule has 1 N–H and O–H groups in total. The highest BCUT2D eigenvalue weighted by Crippen LogP contribution is 2.20. The summed E-state index contributed by atoms with van der Waals surface area (Å²) in [7, 11) is -2.44. The van der Waals surface area contributed by atoms with Gasteiger partial charge in [-0.15, -0.1) is 0 Å². The summed E-state index contributed by atoms with van der Waals surface area (Å²) in [6, 6.07) is 12.0. The summed E-state index contributed by atoms with van der Waals surface area (Å²) in [5.41, 5.74) is 0.151. The molecule has 8 nitrogen and oxygen atoms in total. The van der Waals surface area contributed by atoms with Crippen LogP contribution in [0.25, 0.3) is 0 Å². The van der Waals surface area contributed by atoms with Gasteiger partial charge in [-0.3, -0.25) is 9.59 Å². The summed E-state index contributed by atoms with van der Waals surface area (Å²) in [5.74, 6) is -1.32. The Labute approximate surface area is 187 Å². The van der Waals surface area contributed by atoms with Crippen molar-refractivity contribution in [3.8, 4) is 5.75 Å². The highest BCUT2D eigenvalue weighted by atomic mass is 32.2. The molecule has 172 valence electrons. The number of hydrogen-bond donors (Lipinski definition) is 1. The van der Waals surface area contributed by atoms with E-state index in [4.69, 9.17) is 4.74 Å². The summed E-state index contributed by atoms with van der Waals surface area (Å²) < 4.78 is 46.3. The van der Waals surface area contributed by atoms with Gasteiger partial charge in [0.2, 0.25) is 15.9 Å². The van der Waals surface area contributed by atoms with Gasteiger partial charge in [0, 0.05) is 44.7 Å². The molecule has 3 rings (SSSR count). The zero-order chi connectivity index (χ0) is 23.1. The van der Waals surface area contributed by atoms with Crippen molar-refractivity contribution < 1.29 is 27.1 Å². The van der Waals surface area contributed by atoms with Gasteiger partial charge in [0.15, 0.2) is 11.6 Å². The number of methoxy groups -OCH3 is 1. The minimum absolute atomic E-state index is 0.0176. The van der Waals surface area contributed by atoms with Crippen LogP contribution in [-0.4, -0.2) is 69.3 Å². The SMILES string of the molecule is COc1ccc(C(=O)N2CCCN(S(=O)(=O)c3ccccc3)CCC(=O)NCC2)cc1F. The third-order valence-electron chi connectivity index (χ3n) is 5.19. The van der Waals surface area contributed by atoms with Gasteiger partial charge in [-0.25, -0.2) is 12.8 Å². The van der Waals surface area contributed by atoms with E-state index in [9.17, 15) is 22.4 Å². The normalized spacial score (nSPS) is 16.7. The van der Waals surface area contributed by atoms with Crippen molar-refractivity contribution in [1.29, 1.82) is 0 Å². The number of nitrogens with zero attached hydrogens (tertiary/aromatic N) is 2. The van der Waals surface area contributed by atoms with Crippen LogP contribution in [0.5, 0.6) is 5.75 Å². The molecule has 2 amide bonds. The average Bonchev–Trinajstić information content (AvgIpc) is 2.83. The first-order valence-corrected chi connectivity index (χ1v) is 11.7. The van der Waals surface area contributed by atoms with Gasteiger partial charge in [0.05, 0.1) is 12.0 Å². The van der Waals surface area contributed by atoms with Crippen LogP contribution < -0.4 is 10.1 Å². The minimum Gasteiger partial charge on any atom is -0.494 e. The molecule has 0 aromatic heterocycles. The molecule has 0 saturated carbocycles. The third-order valence-corrected chi connectivity index (χ3v) is 7.11. The van der Waals surface area contributed by atoms with Crippen LogP contribution in [0.4, 0.5) is 4.39 Å². The van der Waals surface area contributed by atoms with Crippen LogP contribution >= 0.6 is 0 Å². The molecule has 1 aliphatic heterocycles. The molecule has 1 saturated heterocycles. The maximum Gasteiger partial charge on any atom is 0.254 e.